The number of hydrogen-bond donors (Lipinski definition) is 2. The van der Waals surface area contributed by atoms with E-state index in [0.717, 1.165) is 28.1 Å². The normalized spacial score (nSPS) is 11.3. The topological polar surface area (TPSA) is 58.2 Å². The summed E-state index contributed by atoms with van der Waals surface area (Å²) >= 11 is 0. The molecule has 3 rings (SSSR count). The van der Waals surface area contributed by atoms with Gasteiger partial charge in [-0.05, 0) is 86.3 Å². The predicted molar refractivity (Wildman–Crippen MR) is 112 cm³/mol. The van der Waals surface area contributed by atoms with Gasteiger partial charge < -0.3 is 5.32 Å². The molecule has 3 aromatic rings. The van der Waals surface area contributed by atoms with E-state index >= 15 is 0 Å². The van der Waals surface area contributed by atoms with Gasteiger partial charge in [0.05, 0.1) is 4.90 Å². The fraction of sp³-hybridized carbons (Fsp3) is 0.182. The third-order valence-corrected chi connectivity index (χ3v) is 5.97. The average Bonchev–Trinajstić information content (AvgIpc) is 2.61. The van der Waals surface area contributed by atoms with Crippen LogP contribution in [0.4, 0.5) is 17.1 Å². The Hall–Kier alpha value is -2.79. The van der Waals surface area contributed by atoms with Crippen LogP contribution < -0.4 is 10.0 Å². The fourth-order valence-corrected chi connectivity index (χ4v) is 4.24. The molecule has 0 amide bonds. The summed E-state index contributed by atoms with van der Waals surface area (Å²) in [4.78, 5) is 0.306. The quantitative estimate of drug-likeness (QED) is 0.617. The number of benzene rings is 3. The first-order chi connectivity index (χ1) is 12.7. The zero-order chi connectivity index (χ0) is 19.6. The average molecular weight is 381 g/mol. The Morgan fingerprint density at radius 2 is 1.22 bits per heavy atom. The molecule has 27 heavy (non-hydrogen) atoms. The second-order valence-electron chi connectivity index (χ2n) is 6.90. The first-order valence-electron chi connectivity index (χ1n) is 8.79. The molecule has 0 saturated heterocycles. The number of nitrogens with one attached hydrogen (secondary N) is 2. The molecule has 3 aromatic carbocycles. The number of aryl methyl sites for hydroxylation is 4. The molecule has 4 nitrogen and oxygen atoms in total. The van der Waals surface area contributed by atoms with E-state index in [0.29, 0.717) is 10.6 Å². The number of rotatable bonds is 5. The van der Waals surface area contributed by atoms with Crippen LogP contribution in [-0.2, 0) is 10.0 Å². The molecule has 0 saturated carbocycles. The lowest BCUT2D eigenvalue weighted by Crippen LogP contribution is -2.14. The molecule has 2 N–H and O–H groups in total. The predicted octanol–water partition coefficient (Wildman–Crippen LogP) is 5.46. The minimum atomic E-state index is -3.62. The molecule has 140 valence electrons. The van der Waals surface area contributed by atoms with Crippen LogP contribution in [0.25, 0.3) is 0 Å². The Morgan fingerprint density at radius 3 is 1.89 bits per heavy atom. The van der Waals surface area contributed by atoms with Crippen LogP contribution in [0.1, 0.15) is 22.3 Å². The molecule has 0 unspecified atom stereocenters. The Balaban J connectivity index is 1.79. The van der Waals surface area contributed by atoms with E-state index in [-0.39, 0.29) is 0 Å². The monoisotopic (exact) mass is 380 g/mol. The van der Waals surface area contributed by atoms with Gasteiger partial charge in [0.2, 0.25) is 0 Å². The first-order valence-corrected chi connectivity index (χ1v) is 10.3. The molecule has 0 radical (unpaired) electrons. The molecule has 0 spiro atoms. The molecule has 0 aliphatic rings. The zero-order valence-electron chi connectivity index (χ0n) is 16.0. The highest BCUT2D eigenvalue weighted by molar-refractivity contribution is 7.92. The summed E-state index contributed by atoms with van der Waals surface area (Å²) in [5.74, 6) is 0. The van der Waals surface area contributed by atoms with Gasteiger partial charge in [-0.15, -0.1) is 0 Å². The maximum absolute atomic E-state index is 12.7. The van der Waals surface area contributed by atoms with E-state index in [4.69, 9.17) is 0 Å². The third-order valence-electron chi connectivity index (χ3n) is 4.44. The van der Waals surface area contributed by atoms with E-state index in [1.165, 1.54) is 5.56 Å². The number of anilines is 3. The van der Waals surface area contributed by atoms with Gasteiger partial charge in [0.25, 0.3) is 10.0 Å². The summed E-state index contributed by atoms with van der Waals surface area (Å²) in [5.41, 5.74) is 6.44. The van der Waals surface area contributed by atoms with Gasteiger partial charge in [-0.2, -0.15) is 0 Å². The lowest BCUT2D eigenvalue weighted by Gasteiger charge is -2.13. The molecular weight excluding hydrogens is 356 g/mol. The van der Waals surface area contributed by atoms with Crippen LogP contribution in [0.3, 0.4) is 0 Å². The van der Waals surface area contributed by atoms with Gasteiger partial charge in [0, 0.05) is 17.1 Å². The van der Waals surface area contributed by atoms with Crippen molar-refractivity contribution in [1.29, 1.82) is 0 Å². The molecular formula is C22H24N2O2S. The Labute approximate surface area is 161 Å². The SMILES string of the molecule is Cc1ccc(C)c(Nc2ccc(NS(=O)(=O)c3cc(C)ccc3C)cc2)c1. The largest absolute Gasteiger partial charge is 0.355 e. The second kappa shape index (κ2) is 7.45. The van der Waals surface area contributed by atoms with E-state index in [9.17, 15) is 8.42 Å². The van der Waals surface area contributed by atoms with Crippen molar-refractivity contribution in [3.63, 3.8) is 0 Å². The van der Waals surface area contributed by atoms with Crippen molar-refractivity contribution in [2.45, 2.75) is 32.6 Å². The zero-order valence-corrected chi connectivity index (χ0v) is 16.8. The minimum Gasteiger partial charge on any atom is -0.355 e. The summed E-state index contributed by atoms with van der Waals surface area (Å²) in [6.07, 6.45) is 0. The molecule has 0 aliphatic heterocycles. The van der Waals surface area contributed by atoms with Crippen LogP contribution in [0.5, 0.6) is 0 Å². The summed E-state index contributed by atoms with van der Waals surface area (Å²) in [6.45, 7) is 7.78. The van der Waals surface area contributed by atoms with Gasteiger partial charge in [0.15, 0.2) is 0 Å². The van der Waals surface area contributed by atoms with Crippen LogP contribution in [0, 0.1) is 27.7 Å². The highest BCUT2D eigenvalue weighted by Gasteiger charge is 2.17. The molecule has 0 bridgehead atoms. The summed E-state index contributed by atoms with van der Waals surface area (Å²) < 4.78 is 28.1. The summed E-state index contributed by atoms with van der Waals surface area (Å²) in [7, 11) is -3.62. The molecule has 0 aliphatic carbocycles. The van der Waals surface area contributed by atoms with Gasteiger partial charge in [0.1, 0.15) is 0 Å². The first kappa shape index (κ1) is 19.0. The molecule has 0 heterocycles. The highest BCUT2D eigenvalue weighted by Crippen LogP contribution is 2.25. The van der Waals surface area contributed by atoms with Crippen molar-refractivity contribution in [1.82, 2.24) is 0 Å². The maximum atomic E-state index is 12.7. The lowest BCUT2D eigenvalue weighted by molar-refractivity contribution is 0.600. The van der Waals surface area contributed by atoms with Gasteiger partial charge in [-0.1, -0.05) is 24.3 Å². The van der Waals surface area contributed by atoms with Crippen LogP contribution in [0.15, 0.2) is 65.6 Å². The van der Waals surface area contributed by atoms with Gasteiger partial charge in [-0.25, -0.2) is 8.42 Å². The Bertz CT molecular complexity index is 1070. The standard InChI is InChI=1S/C22H24N2O2S/c1-15-5-7-17(3)21(13-15)23-19-9-11-20(12-10-19)24-27(25,26)22-14-16(2)6-8-18(22)4/h5-14,23-24H,1-4H3. The van der Waals surface area contributed by atoms with Crippen molar-refractivity contribution in [3.8, 4) is 0 Å². The Morgan fingerprint density at radius 1 is 0.667 bits per heavy atom. The number of hydrogen-bond acceptors (Lipinski definition) is 3. The van der Waals surface area contributed by atoms with Crippen molar-refractivity contribution >= 4 is 27.1 Å². The van der Waals surface area contributed by atoms with Gasteiger partial charge >= 0.3 is 0 Å². The van der Waals surface area contributed by atoms with Crippen molar-refractivity contribution < 1.29 is 8.42 Å². The van der Waals surface area contributed by atoms with Crippen molar-refractivity contribution in [2.75, 3.05) is 10.0 Å². The second-order valence-corrected chi connectivity index (χ2v) is 8.55. The summed E-state index contributed by atoms with van der Waals surface area (Å²) in [6, 6.07) is 18.9. The number of sulfonamides is 1. The van der Waals surface area contributed by atoms with Crippen molar-refractivity contribution in [3.05, 3.63) is 82.9 Å². The van der Waals surface area contributed by atoms with Gasteiger partial charge in [-0.3, -0.25) is 4.72 Å². The molecule has 5 heteroatoms. The van der Waals surface area contributed by atoms with E-state index < -0.39 is 10.0 Å². The molecule has 0 atom stereocenters. The van der Waals surface area contributed by atoms with Crippen LogP contribution >= 0.6 is 0 Å². The third kappa shape index (κ3) is 4.49. The Kier molecular flexibility index (Phi) is 5.24. The van der Waals surface area contributed by atoms with Crippen LogP contribution in [0.2, 0.25) is 0 Å². The minimum absolute atomic E-state index is 0.306. The maximum Gasteiger partial charge on any atom is 0.262 e. The highest BCUT2D eigenvalue weighted by atomic mass is 32.2. The van der Waals surface area contributed by atoms with Crippen molar-refractivity contribution in [2.24, 2.45) is 0 Å². The molecule has 0 fully saturated rings. The van der Waals surface area contributed by atoms with Crippen LogP contribution in [-0.4, -0.2) is 8.42 Å². The summed E-state index contributed by atoms with van der Waals surface area (Å²) in [5, 5.41) is 3.37. The fourth-order valence-electron chi connectivity index (χ4n) is 2.85. The van der Waals surface area contributed by atoms with E-state index in [2.05, 4.69) is 42.1 Å². The smallest absolute Gasteiger partial charge is 0.262 e. The molecule has 0 aromatic heterocycles. The van der Waals surface area contributed by atoms with E-state index in [1.807, 2.05) is 31.2 Å². The van der Waals surface area contributed by atoms with E-state index in [1.54, 1.807) is 25.1 Å². The lowest BCUT2D eigenvalue weighted by atomic mass is 10.1.